The fourth-order valence-corrected chi connectivity index (χ4v) is 6.22. The van der Waals surface area contributed by atoms with Gasteiger partial charge in [0.25, 0.3) is 0 Å². The lowest BCUT2D eigenvalue weighted by atomic mass is 9.73. The summed E-state index contributed by atoms with van der Waals surface area (Å²) in [5.41, 5.74) is 15.3. The summed E-state index contributed by atoms with van der Waals surface area (Å²) in [5, 5.41) is 0. The summed E-state index contributed by atoms with van der Waals surface area (Å²) in [7, 11) is 0. The summed E-state index contributed by atoms with van der Waals surface area (Å²) in [6.07, 6.45) is 12.5. The van der Waals surface area contributed by atoms with Gasteiger partial charge in [-0.15, -0.1) is 0 Å². The molecule has 0 heteroatoms. The van der Waals surface area contributed by atoms with E-state index in [9.17, 15) is 0 Å². The van der Waals surface area contributed by atoms with Gasteiger partial charge < -0.3 is 0 Å². The van der Waals surface area contributed by atoms with Gasteiger partial charge in [-0.3, -0.25) is 0 Å². The molecule has 0 heterocycles. The minimum Gasteiger partial charge on any atom is -0.0990 e. The average Bonchev–Trinajstić information content (AvgIpc) is 3.09. The van der Waals surface area contributed by atoms with Gasteiger partial charge >= 0.3 is 0 Å². The summed E-state index contributed by atoms with van der Waals surface area (Å²) in [6, 6.07) is 41.6. The van der Waals surface area contributed by atoms with Crippen LogP contribution in [0.1, 0.15) is 50.3 Å². The number of benzene rings is 5. The Labute approximate surface area is 270 Å². The van der Waals surface area contributed by atoms with Crippen molar-refractivity contribution in [3.8, 4) is 44.5 Å². The molecule has 0 nitrogen and oxygen atoms in total. The molecule has 0 fully saturated rings. The number of hydrogen-bond acceptors (Lipinski definition) is 0. The van der Waals surface area contributed by atoms with E-state index in [1.807, 2.05) is 12.2 Å². The second kappa shape index (κ2) is 14.5. The van der Waals surface area contributed by atoms with Crippen molar-refractivity contribution in [2.24, 2.45) is 0 Å². The SMILES string of the molecule is C=C/C=C(\C=C)c1c(C(/C=C\C)=C/C)c(-c2ccccc2)c(-c2ccccc2)c(-c2ccccc2)c1-c1ccc(C(C)C)cc1. The van der Waals surface area contributed by atoms with Gasteiger partial charge in [0.05, 0.1) is 0 Å². The van der Waals surface area contributed by atoms with Gasteiger partial charge in [-0.05, 0) is 92.1 Å². The van der Waals surface area contributed by atoms with E-state index in [-0.39, 0.29) is 0 Å². The third-order valence-corrected chi connectivity index (χ3v) is 8.31. The van der Waals surface area contributed by atoms with Crippen LogP contribution in [-0.2, 0) is 0 Å². The Morgan fingerprint density at radius 1 is 0.533 bits per heavy atom. The Balaban J connectivity index is 2.18. The first-order valence-electron chi connectivity index (χ1n) is 15.8. The highest BCUT2D eigenvalue weighted by molar-refractivity contribution is 6.12. The minimum atomic E-state index is 0.441. The third kappa shape index (κ3) is 6.37. The van der Waals surface area contributed by atoms with Gasteiger partial charge in [-0.25, -0.2) is 0 Å². The Hall–Kier alpha value is -5.20. The number of hydrogen-bond donors (Lipinski definition) is 0. The lowest BCUT2D eigenvalue weighted by Crippen LogP contribution is -2.05. The molecule has 0 saturated heterocycles. The van der Waals surface area contributed by atoms with Crippen LogP contribution >= 0.6 is 0 Å². The minimum absolute atomic E-state index is 0.441. The van der Waals surface area contributed by atoms with Crippen molar-refractivity contribution in [2.45, 2.75) is 33.6 Å². The molecule has 0 saturated carbocycles. The zero-order chi connectivity index (χ0) is 31.8. The summed E-state index contributed by atoms with van der Waals surface area (Å²) in [6.45, 7) is 17.1. The summed E-state index contributed by atoms with van der Waals surface area (Å²) < 4.78 is 0. The molecule has 222 valence electrons. The summed E-state index contributed by atoms with van der Waals surface area (Å²) >= 11 is 0. The van der Waals surface area contributed by atoms with Crippen LogP contribution in [0.5, 0.6) is 0 Å². The highest BCUT2D eigenvalue weighted by Gasteiger charge is 2.29. The van der Waals surface area contributed by atoms with E-state index >= 15 is 0 Å². The average molecular weight is 583 g/mol. The fourth-order valence-electron chi connectivity index (χ4n) is 6.22. The van der Waals surface area contributed by atoms with Crippen LogP contribution in [0, 0.1) is 0 Å². The van der Waals surface area contributed by atoms with E-state index in [1.165, 1.54) is 50.1 Å². The molecule has 0 aromatic heterocycles. The number of allylic oxidation sites excluding steroid dienone is 8. The Morgan fingerprint density at radius 2 is 0.956 bits per heavy atom. The first-order chi connectivity index (χ1) is 22.0. The topological polar surface area (TPSA) is 0 Å². The lowest BCUT2D eigenvalue weighted by molar-refractivity contribution is 0.867. The van der Waals surface area contributed by atoms with Crippen LogP contribution in [0.2, 0.25) is 0 Å². The quantitative estimate of drug-likeness (QED) is 0.144. The molecule has 0 aliphatic carbocycles. The van der Waals surface area contributed by atoms with Gasteiger partial charge in [0.15, 0.2) is 0 Å². The molecule has 0 radical (unpaired) electrons. The molecule has 5 aromatic carbocycles. The highest BCUT2D eigenvalue weighted by atomic mass is 14.3. The predicted molar refractivity (Wildman–Crippen MR) is 199 cm³/mol. The monoisotopic (exact) mass is 582 g/mol. The van der Waals surface area contributed by atoms with Gasteiger partial charge in [0, 0.05) is 0 Å². The Kier molecular flexibility index (Phi) is 10.1. The standard InChI is InChI=1S/C45H42/c1-7-20-33(9-3)40-41(34(10-4)21-8-2)45(39-30-28-35(29-31-39)32(5)6)44(38-26-18-13-19-27-38)43(37-24-16-12-17-25-37)42(40)36-22-14-11-15-23-36/h7-32H,2,4H2,1,3,5-6H3/b20-7-,33-9+,34-21+. The van der Waals surface area contributed by atoms with Crippen LogP contribution in [0.4, 0.5) is 0 Å². The lowest BCUT2D eigenvalue weighted by Gasteiger charge is -2.29. The molecule has 0 bridgehead atoms. The first-order valence-corrected chi connectivity index (χ1v) is 15.8. The second-order valence-electron chi connectivity index (χ2n) is 11.4. The summed E-state index contributed by atoms with van der Waals surface area (Å²) in [4.78, 5) is 0. The summed E-state index contributed by atoms with van der Waals surface area (Å²) in [5.74, 6) is 0.441. The Bertz CT molecular complexity index is 1860. The smallest absolute Gasteiger partial charge is 0.00139 e. The van der Waals surface area contributed by atoms with Gasteiger partial charge in [-0.1, -0.05) is 179 Å². The number of rotatable bonds is 10. The maximum atomic E-state index is 4.33. The zero-order valence-corrected chi connectivity index (χ0v) is 26.9. The third-order valence-electron chi connectivity index (χ3n) is 8.31. The van der Waals surface area contributed by atoms with Crippen molar-refractivity contribution in [3.63, 3.8) is 0 Å². The first kappa shape index (κ1) is 31.2. The van der Waals surface area contributed by atoms with E-state index in [4.69, 9.17) is 0 Å². The molecule has 0 aliphatic rings. The molecular weight excluding hydrogens is 540 g/mol. The molecule has 0 aliphatic heterocycles. The van der Waals surface area contributed by atoms with E-state index in [0.29, 0.717) is 5.92 Å². The van der Waals surface area contributed by atoms with Gasteiger partial charge in [0.2, 0.25) is 0 Å². The van der Waals surface area contributed by atoms with E-state index < -0.39 is 0 Å². The molecule has 0 unspecified atom stereocenters. The van der Waals surface area contributed by atoms with Crippen molar-refractivity contribution in [3.05, 3.63) is 182 Å². The van der Waals surface area contributed by atoms with Crippen LogP contribution in [-0.4, -0.2) is 0 Å². The van der Waals surface area contributed by atoms with Crippen molar-refractivity contribution < 1.29 is 0 Å². The molecule has 0 spiro atoms. The normalized spacial score (nSPS) is 12.1. The van der Waals surface area contributed by atoms with Crippen LogP contribution in [0.3, 0.4) is 0 Å². The predicted octanol–water partition coefficient (Wildman–Crippen LogP) is 13.2. The van der Waals surface area contributed by atoms with Crippen molar-refractivity contribution >= 4 is 11.1 Å². The maximum absolute atomic E-state index is 4.33. The van der Waals surface area contributed by atoms with Crippen molar-refractivity contribution in [1.82, 2.24) is 0 Å². The Morgan fingerprint density at radius 3 is 1.33 bits per heavy atom. The van der Waals surface area contributed by atoms with Crippen molar-refractivity contribution in [2.75, 3.05) is 0 Å². The highest BCUT2D eigenvalue weighted by Crippen LogP contribution is 2.53. The molecule has 5 aromatic rings. The largest absolute Gasteiger partial charge is 0.0990 e. The van der Waals surface area contributed by atoms with E-state index in [0.717, 1.165) is 22.3 Å². The fraction of sp³-hybridized carbons (Fsp3) is 0.111. The zero-order valence-electron chi connectivity index (χ0n) is 26.9. The second-order valence-corrected chi connectivity index (χ2v) is 11.4. The molecule has 0 amide bonds. The molecule has 0 N–H and O–H groups in total. The molecule has 5 rings (SSSR count). The molecule has 0 atom stereocenters. The molecule has 45 heavy (non-hydrogen) atoms. The molecular formula is C45H42. The van der Waals surface area contributed by atoms with Crippen LogP contribution in [0.25, 0.3) is 55.7 Å². The van der Waals surface area contributed by atoms with E-state index in [2.05, 4.69) is 180 Å². The van der Waals surface area contributed by atoms with Crippen LogP contribution in [0.15, 0.2) is 165 Å². The van der Waals surface area contributed by atoms with Gasteiger partial charge in [-0.2, -0.15) is 0 Å². The van der Waals surface area contributed by atoms with Crippen molar-refractivity contribution in [1.29, 1.82) is 0 Å². The maximum Gasteiger partial charge on any atom is -0.00139 e. The van der Waals surface area contributed by atoms with Gasteiger partial charge in [0.1, 0.15) is 0 Å². The van der Waals surface area contributed by atoms with E-state index in [1.54, 1.807) is 0 Å². The van der Waals surface area contributed by atoms with Crippen LogP contribution < -0.4 is 0 Å².